The average Bonchev–Trinajstić information content (AvgIpc) is 2.24. The number of hydrogen-bond donors (Lipinski definition) is 2. The maximum Gasteiger partial charge on any atom is 0.242 e. The molecule has 1 aliphatic heterocycles. The Hall–Kier alpha value is -1.10. The second-order valence-electron chi connectivity index (χ2n) is 5.57. The average molecular weight is 241 g/mol. The number of hydrogen-bond acceptors (Lipinski definition) is 3. The van der Waals surface area contributed by atoms with Crippen molar-refractivity contribution in [3.05, 3.63) is 0 Å². The van der Waals surface area contributed by atoms with E-state index >= 15 is 0 Å². The fourth-order valence-electron chi connectivity index (χ4n) is 1.73. The number of piperazine rings is 1. The second kappa shape index (κ2) is 5.49. The fraction of sp³-hybridized carbons (Fsp3) is 0.833. The van der Waals surface area contributed by atoms with Crippen LogP contribution in [-0.4, -0.2) is 48.9 Å². The van der Waals surface area contributed by atoms with E-state index in [1.165, 1.54) is 0 Å². The summed E-state index contributed by atoms with van der Waals surface area (Å²) >= 11 is 0. The van der Waals surface area contributed by atoms with Crippen molar-refractivity contribution in [3.63, 3.8) is 0 Å². The molecule has 1 aliphatic rings. The number of nitrogens with zero attached hydrogens (tertiary/aromatic N) is 1. The van der Waals surface area contributed by atoms with Crippen LogP contribution in [0.25, 0.3) is 0 Å². The smallest absolute Gasteiger partial charge is 0.242 e. The lowest BCUT2D eigenvalue weighted by atomic mass is 9.96. The van der Waals surface area contributed by atoms with Gasteiger partial charge in [-0.25, -0.2) is 0 Å². The van der Waals surface area contributed by atoms with E-state index in [0.717, 1.165) is 13.1 Å². The summed E-state index contributed by atoms with van der Waals surface area (Å²) in [7, 11) is 0. The topological polar surface area (TPSA) is 61.4 Å². The molecule has 2 N–H and O–H groups in total. The molecule has 0 aromatic rings. The Morgan fingerprint density at radius 1 is 1.41 bits per heavy atom. The van der Waals surface area contributed by atoms with E-state index in [9.17, 15) is 9.59 Å². The van der Waals surface area contributed by atoms with Crippen molar-refractivity contribution < 1.29 is 9.59 Å². The zero-order chi connectivity index (χ0) is 13.1. The van der Waals surface area contributed by atoms with Gasteiger partial charge >= 0.3 is 0 Å². The lowest BCUT2D eigenvalue weighted by Crippen LogP contribution is -2.55. The summed E-state index contributed by atoms with van der Waals surface area (Å²) in [6, 6.07) is 0.197. The number of carbonyl (C=O) groups is 2. The van der Waals surface area contributed by atoms with Crippen molar-refractivity contribution in [2.45, 2.75) is 33.7 Å². The predicted molar refractivity (Wildman–Crippen MR) is 66.5 cm³/mol. The van der Waals surface area contributed by atoms with Crippen molar-refractivity contribution >= 4 is 11.8 Å². The Bertz CT molecular complexity index is 297. The van der Waals surface area contributed by atoms with Crippen LogP contribution in [0.3, 0.4) is 0 Å². The Labute approximate surface area is 103 Å². The van der Waals surface area contributed by atoms with Gasteiger partial charge in [0.25, 0.3) is 0 Å². The standard InChI is InChI=1S/C12H23N3O2/c1-9-7-13-5-6-15(9)10(16)8-14-11(17)12(2,3)4/h9,13H,5-8H2,1-4H3,(H,14,17)/t9-/m1/s1. The van der Waals surface area contributed by atoms with Gasteiger partial charge < -0.3 is 15.5 Å². The van der Waals surface area contributed by atoms with Crippen molar-refractivity contribution in [1.82, 2.24) is 15.5 Å². The van der Waals surface area contributed by atoms with Crippen LogP contribution in [-0.2, 0) is 9.59 Å². The van der Waals surface area contributed by atoms with Gasteiger partial charge in [-0.1, -0.05) is 20.8 Å². The first kappa shape index (κ1) is 14.0. The third-order valence-corrected chi connectivity index (χ3v) is 2.90. The number of rotatable bonds is 2. The van der Waals surface area contributed by atoms with Crippen LogP contribution in [0.5, 0.6) is 0 Å². The molecular weight excluding hydrogens is 218 g/mol. The highest BCUT2D eigenvalue weighted by Gasteiger charge is 2.25. The summed E-state index contributed by atoms with van der Waals surface area (Å²) < 4.78 is 0. The van der Waals surface area contributed by atoms with E-state index in [1.54, 1.807) is 0 Å². The van der Waals surface area contributed by atoms with Crippen molar-refractivity contribution in [3.8, 4) is 0 Å². The molecule has 2 amide bonds. The Morgan fingerprint density at radius 3 is 2.59 bits per heavy atom. The molecule has 0 aliphatic carbocycles. The van der Waals surface area contributed by atoms with Crippen molar-refractivity contribution in [2.24, 2.45) is 5.41 Å². The third-order valence-electron chi connectivity index (χ3n) is 2.90. The van der Waals surface area contributed by atoms with E-state index in [2.05, 4.69) is 10.6 Å². The van der Waals surface area contributed by atoms with Crippen LogP contribution < -0.4 is 10.6 Å². The predicted octanol–water partition coefficient (Wildman–Crippen LogP) is -0.0310. The van der Waals surface area contributed by atoms with Crippen LogP contribution >= 0.6 is 0 Å². The Kier molecular flexibility index (Phi) is 4.51. The van der Waals surface area contributed by atoms with E-state index in [-0.39, 0.29) is 24.4 Å². The van der Waals surface area contributed by atoms with Gasteiger partial charge in [0.05, 0.1) is 6.54 Å². The highest BCUT2D eigenvalue weighted by molar-refractivity contribution is 5.87. The maximum atomic E-state index is 11.9. The van der Waals surface area contributed by atoms with E-state index in [0.29, 0.717) is 6.54 Å². The lowest BCUT2D eigenvalue weighted by Gasteiger charge is -2.34. The van der Waals surface area contributed by atoms with E-state index in [4.69, 9.17) is 0 Å². The van der Waals surface area contributed by atoms with Gasteiger partial charge in [-0.3, -0.25) is 9.59 Å². The third kappa shape index (κ3) is 4.00. The SMILES string of the molecule is C[C@@H]1CNCCN1C(=O)CNC(=O)C(C)(C)C. The van der Waals surface area contributed by atoms with Gasteiger partial charge in [-0.15, -0.1) is 0 Å². The molecule has 1 rings (SSSR count). The lowest BCUT2D eigenvalue weighted by molar-refractivity contribution is -0.137. The van der Waals surface area contributed by atoms with Gasteiger partial charge in [-0.2, -0.15) is 0 Å². The highest BCUT2D eigenvalue weighted by Crippen LogP contribution is 2.12. The molecule has 5 nitrogen and oxygen atoms in total. The van der Waals surface area contributed by atoms with Crippen LogP contribution in [0.2, 0.25) is 0 Å². The first-order valence-corrected chi connectivity index (χ1v) is 6.11. The molecule has 0 unspecified atom stereocenters. The maximum absolute atomic E-state index is 11.9. The molecule has 0 aromatic heterocycles. The molecule has 98 valence electrons. The monoisotopic (exact) mass is 241 g/mol. The fourth-order valence-corrected chi connectivity index (χ4v) is 1.73. The number of carbonyl (C=O) groups excluding carboxylic acids is 2. The number of nitrogens with one attached hydrogen (secondary N) is 2. The first-order chi connectivity index (χ1) is 7.82. The molecular formula is C12H23N3O2. The van der Waals surface area contributed by atoms with Crippen LogP contribution in [0.15, 0.2) is 0 Å². The van der Waals surface area contributed by atoms with Crippen molar-refractivity contribution in [2.75, 3.05) is 26.2 Å². The minimum Gasteiger partial charge on any atom is -0.347 e. The first-order valence-electron chi connectivity index (χ1n) is 6.11. The normalized spacial score (nSPS) is 21.2. The molecule has 0 bridgehead atoms. The highest BCUT2D eigenvalue weighted by atomic mass is 16.2. The summed E-state index contributed by atoms with van der Waals surface area (Å²) in [6.45, 7) is 9.96. The summed E-state index contributed by atoms with van der Waals surface area (Å²) in [4.78, 5) is 25.4. The molecule has 1 atom stereocenters. The van der Waals surface area contributed by atoms with Gasteiger partial charge in [0.15, 0.2) is 0 Å². The van der Waals surface area contributed by atoms with Crippen LogP contribution in [0.4, 0.5) is 0 Å². The van der Waals surface area contributed by atoms with Crippen LogP contribution in [0, 0.1) is 5.41 Å². The summed E-state index contributed by atoms with van der Waals surface area (Å²) in [5.41, 5.74) is -0.449. The van der Waals surface area contributed by atoms with Gasteiger partial charge in [-0.05, 0) is 6.92 Å². The minimum atomic E-state index is -0.449. The van der Waals surface area contributed by atoms with Gasteiger partial charge in [0, 0.05) is 31.1 Å². The summed E-state index contributed by atoms with van der Waals surface area (Å²) in [5.74, 6) is -0.0924. The molecule has 1 saturated heterocycles. The molecule has 0 aromatic carbocycles. The molecule has 0 saturated carbocycles. The number of amides is 2. The molecule has 1 heterocycles. The van der Waals surface area contributed by atoms with Gasteiger partial charge in [0.2, 0.25) is 11.8 Å². The Morgan fingerprint density at radius 2 is 2.06 bits per heavy atom. The quantitative estimate of drug-likeness (QED) is 0.713. The summed E-state index contributed by atoms with van der Waals surface area (Å²) in [5, 5.41) is 5.92. The second-order valence-corrected chi connectivity index (χ2v) is 5.57. The zero-order valence-electron chi connectivity index (χ0n) is 11.2. The zero-order valence-corrected chi connectivity index (χ0v) is 11.2. The molecule has 17 heavy (non-hydrogen) atoms. The molecule has 0 spiro atoms. The summed E-state index contributed by atoms with van der Waals surface area (Å²) in [6.07, 6.45) is 0. The molecule has 5 heteroatoms. The van der Waals surface area contributed by atoms with Gasteiger partial charge in [0.1, 0.15) is 0 Å². The molecule has 1 fully saturated rings. The largest absolute Gasteiger partial charge is 0.347 e. The Balaban J connectivity index is 2.41. The van der Waals surface area contributed by atoms with Crippen LogP contribution in [0.1, 0.15) is 27.7 Å². The van der Waals surface area contributed by atoms with E-state index in [1.807, 2.05) is 32.6 Å². The molecule has 0 radical (unpaired) electrons. The van der Waals surface area contributed by atoms with Crippen molar-refractivity contribution in [1.29, 1.82) is 0 Å². The van der Waals surface area contributed by atoms with E-state index < -0.39 is 5.41 Å². The minimum absolute atomic E-state index is 0.00315.